The number of hydrogen-bond donors (Lipinski definition) is 1. The molecule has 0 amide bonds. The lowest BCUT2D eigenvalue weighted by Crippen LogP contribution is -2.29. The van der Waals surface area contributed by atoms with Gasteiger partial charge >= 0.3 is 0 Å². The zero-order valence-electron chi connectivity index (χ0n) is 9.79. The fourth-order valence-corrected chi connectivity index (χ4v) is 1.61. The predicted molar refractivity (Wildman–Crippen MR) is 67.9 cm³/mol. The molecule has 2 nitrogen and oxygen atoms in total. The van der Waals surface area contributed by atoms with E-state index >= 15 is 0 Å². The standard InChI is InChI=1S/C13H18ClNO/c1-10(2)15-9-12(16)8-7-11-5-3-4-6-13(11)14/h3-6,10,15H,7-9H2,1-2H3. The number of aryl methyl sites for hydroxylation is 1. The van der Waals surface area contributed by atoms with E-state index in [1.54, 1.807) is 0 Å². The lowest BCUT2D eigenvalue weighted by Gasteiger charge is -2.07. The van der Waals surface area contributed by atoms with Crippen LogP contribution < -0.4 is 5.32 Å². The Kier molecular flexibility index (Phi) is 5.50. The molecular formula is C13H18ClNO. The minimum Gasteiger partial charge on any atom is -0.308 e. The normalized spacial score (nSPS) is 10.8. The molecule has 0 bridgehead atoms. The lowest BCUT2D eigenvalue weighted by molar-refractivity contribution is -0.118. The number of nitrogens with one attached hydrogen (secondary N) is 1. The average molecular weight is 240 g/mol. The summed E-state index contributed by atoms with van der Waals surface area (Å²) in [5.74, 6) is 0.230. The second-order valence-electron chi connectivity index (χ2n) is 4.17. The van der Waals surface area contributed by atoms with Crippen molar-refractivity contribution in [2.75, 3.05) is 6.54 Å². The number of carbonyl (C=O) groups excluding carboxylic acids is 1. The molecular weight excluding hydrogens is 222 g/mol. The van der Waals surface area contributed by atoms with Gasteiger partial charge in [0.25, 0.3) is 0 Å². The summed E-state index contributed by atoms with van der Waals surface area (Å²) in [6.07, 6.45) is 1.27. The highest BCUT2D eigenvalue weighted by atomic mass is 35.5. The first-order valence-corrected chi connectivity index (χ1v) is 5.96. The van der Waals surface area contributed by atoms with Crippen molar-refractivity contribution in [3.8, 4) is 0 Å². The maximum Gasteiger partial charge on any atom is 0.146 e. The number of carbonyl (C=O) groups is 1. The first-order valence-electron chi connectivity index (χ1n) is 5.58. The zero-order valence-corrected chi connectivity index (χ0v) is 10.6. The summed E-state index contributed by atoms with van der Waals surface area (Å²) in [5.41, 5.74) is 1.04. The molecule has 1 rings (SSSR count). The fraction of sp³-hybridized carbons (Fsp3) is 0.462. The number of rotatable bonds is 6. The van der Waals surface area contributed by atoms with Gasteiger partial charge in [-0.1, -0.05) is 43.6 Å². The summed E-state index contributed by atoms with van der Waals surface area (Å²) < 4.78 is 0. The van der Waals surface area contributed by atoms with Crippen molar-refractivity contribution < 1.29 is 4.79 Å². The van der Waals surface area contributed by atoms with Crippen LogP contribution in [0.25, 0.3) is 0 Å². The van der Waals surface area contributed by atoms with Gasteiger partial charge in [0.15, 0.2) is 0 Å². The highest BCUT2D eigenvalue weighted by Crippen LogP contribution is 2.16. The van der Waals surface area contributed by atoms with Crippen LogP contribution in [0, 0.1) is 0 Å². The number of ketones is 1. The van der Waals surface area contributed by atoms with Crippen LogP contribution in [-0.2, 0) is 11.2 Å². The van der Waals surface area contributed by atoms with E-state index in [9.17, 15) is 4.79 Å². The second kappa shape index (κ2) is 6.66. The van der Waals surface area contributed by atoms with Crippen molar-refractivity contribution in [3.05, 3.63) is 34.9 Å². The quantitative estimate of drug-likeness (QED) is 0.827. The van der Waals surface area contributed by atoms with Crippen LogP contribution >= 0.6 is 11.6 Å². The maximum absolute atomic E-state index is 11.5. The number of halogens is 1. The van der Waals surface area contributed by atoms with Crippen LogP contribution in [0.1, 0.15) is 25.8 Å². The molecule has 0 aliphatic carbocycles. The summed E-state index contributed by atoms with van der Waals surface area (Å²) in [7, 11) is 0. The summed E-state index contributed by atoms with van der Waals surface area (Å²) >= 11 is 6.01. The van der Waals surface area contributed by atoms with Crippen molar-refractivity contribution in [3.63, 3.8) is 0 Å². The molecule has 0 fully saturated rings. The summed E-state index contributed by atoms with van der Waals surface area (Å²) in [6.45, 7) is 4.50. The van der Waals surface area contributed by atoms with Gasteiger partial charge in [0, 0.05) is 17.5 Å². The molecule has 0 aliphatic rings. The molecule has 1 aromatic rings. The Hall–Kier alpha value is -0.860. The van der Waals surface area contributed by atoms with Gasteiger partial charge in [-0.3, -0.25) is 4.79 Å². The van der Waals surface area contributed by atoms with Crippen LogP contribution in [0.15, 0.2) is 24.3 Å². The smallest absolute Gasteiger partial charge is 0.146 e. The molecule has 0 aliphatic heterocycles. The molecule has 16 heavy (non-hydrogen) atoms. The van der Waals surface area contributed by atoms with Crippen LogP contribution in [0.5, 0.6) is 0 Å². The van der Waals surface area contributed by atoms with E-state index in [1.807, 2.05) is 38.1 Å². The third kappa shape index (κ3) is 4.77. The molecule has 0 saturated carbocycles. The van der Waals surface area contributed by atoms with Crippen molar-refractivity contribution in [1.29, 1.82) is 0 Å². The Bertz CT molecular complexity index is 350. The van der Waals surface area contributed by atoms with Crippen LogP contribution in [0.4, 0.5) is 0 Å². The fourth-order valence-electron chi connectivity index (χ4n) is 1.38. The van der Waals surface area contributed by atoms with Gasteiger partial charge in [0.1, 0.15) is 5.78 Å². The van der Waals surface area contributed by atoms with Crippen molar-refractivity contribution in [2.45, 2.75) is 32.7 Å². The summed E-state index contributed by atoms with van der Waals surface area (Å²) in [6, 6.07) is 8.01. The highest BCUT2D eigenvalue weighted by molar-refractivity contribution is 6.31. The molecule has 1 N–H and O–H groups in total. The molecule has 3 heteroatoms. The zero-order chi connectivity index (χ0) is 12.0. The molecule has 0 aromatic heterocycles. The molecule has 0 unspecified atom stereocenters. The van der Waals surface area contributed by atoms with Gasteiger partial charge in [-0.2, -0.15) is 0 Å². The lowest BCUT2D eigenvalue weighted by atomic mass is 10.1. The Balaban J connectivity index is 2.35. The average Bonchev–Trinajstić information content (AvgIpc) is 2.25. The van der Waals surface area contributed by atoms with Gasteiger partial charge in [-0.15, -0.1) is 0 Å². The third-order valence-corrected chi connectivity index (χ3v) is 2.71. The van der Waals surface area contributed by atoms with Crippen LogP contribution in [0.3, 0.4) is 0 Å². The third-order valence-electron chi connectivity index (χ3n) is 2.34. The van der Waals surface area contributed by atoms with Gasteiger partial charge in [0.05, 0.1) is 6.54 Å². The van der Waals surface area contributed by atoms with Crippen LogP contribution in [-0.4, -0.2) is 18.4 Å². The first-order chi connectivity index (χ1) is 7.59. The highest BCUT2D eigenvalue weighted by Gasteiger charge is 2.05. The van der Waals surface area contributed by atoms with E-state index in [2.05, 4.69) is 5.32 Å². The SMILES string of the molecule is CC(C)NCC(=O)CCc1ccccc1Cl. The van der Waals surface area contributed by atoms with Gasteiger partial charge < -0.3 is 5.32 Å². The Morgan fingerprint density at radius 3 is 2.69 bits per heavy atom. The predicted octanol–water partition coefficient (Wildman–Crippen LogP) is 2.84. The first kappa shape index (κ1) is 13.2. The summed E-state index contributed by atoms with van der Waals surface area (Å²) in [4.78, 5) is 11.5. The summed E-state index contributed by atoms with van der Waals surface area (Å²) in [5, 5.41) is 3.86. The number of hydrogen-bond acceptors (Lipinski definition) is 2. The Morgan fingerprint density at radius 1 is 1.38 bits per heavy atom. The van der Waals surface area contributed by atoms with E-state index in [-0.39, 0.29) is 5.78 Å². The van der Waals surface area contributed by atoms with Gasteiger partial charge in [-0.25, -0.2) is 0 Å². The Morgan fingerprint density at radius 2 is 2.06 bits per heavy atom. The van der Waals surface area contributed by atoms with E-state index in [0.717, 1.165) is 17.0 Å². The van der Waals surface area contributed by atoms with Crippen molar-refractivity contribution in [1.82, 2.24) is 5.32 Å². The van der Waals surface area contributed by atoms with Gasteiger partial charge in [0.2, 0.25) is 0 Å². The Labute approximate surface area is 102 Å². The van der Waals surface area contributed by atoms with E-state index < -0.39 is 0 Å². The molecule has 0 heterocycles. The van der Waals surface area contributed by atoms with E-state index in [1.165, 1.54) is 0 Å². The molecule has 0 saturated heterocycles. The largest absolute Gasteiger partial charge is 0.308 e. The molecule has 88 valence electrons. The van der Waals surface area contributed by atoms with Gasteiger partial charge in [-0.05, 0) is 18.1 Å². The molecule has 0 spiro atoms. The molecule has 0 radical (unpaired) electrons. The minimum atomic E-state index is 0.230. The molecule has 1 aromatic carbocycles. The monoisotopic (exact) mass is 239 g/mol. The maximum atomic E-state index is 11.5. The van der Waals surface area contributed by atoms with Crippen molar-refractivity contribution >= 4 is 17.4 Å². The number of benzene rings is 1. The van der Waals surface area contributed by atoms with Crippen LogP contribution in [0.2, 0.25) is 5.02 Å². The minimum absolute atomic E-state index is 0.230. The van der Waals surface area contributed by atoms with Crippen molar-refractivity contribution in [2.24, 2.45) is 0 Å². The topological polar surface area (TPSA) is 29.1 Å². The number of Topliss-reactive ketones (excluding diaryl/α,β-unsaturated/α-hetero) is 1. The molecule has 0 atom stereocenters. The second-order valence-corrected chi connectivity index (χ2v) is 4.57. The van der Waals surface area contributed by atoms with E-state index in [4.69, 9.17) is 11.6 Å². The van der Waals surface area contributed by atoms with E-state index in [0.29, 0.717) is 19.0 Å².